The number of hydrogen-bond donors (Lipinski definition) is 0. The van der Waals surface area contributed by atoms with Gasteiger partial charge in [-0.3, -0.25) is 0 Å². The quantitative estimate of drug-likeness (QED) is 0.653. The molecule has 0 amide bonds. The van der Waals surface area contributed by atoms with Gasteiger partial charge >= 0.3 is 0 Å². The summed E-state index contributed by atoms with van der Waals surface area (Å²) in [6.07, 6.45) is 4.39. The minimum Gasteiger partial charge on any atom is -0.489 e. The van der Waals surface area contributed by atoms with E-state index in [4.69, 9.17) is 9.47 Å². The fraction of sp³-hybridized carbons (Fsp3) is 0.286. The minimum absolute atomic E-state index is 0.506. The maximum absolute atomic E-state index is 5.57. The summed E-state index contributed by atoms with van der Waals surface area (Å²) in [4.78, 5) is 0. The third-order valence-electron chi connectivity index (χ3n) is 2.14. The van der Waals surface area contributed by atoms with E-state index in [1.807, 2.05) is 18.2 Å². The Balaban J connectivity index is 2.82. The zero-order chi connectivity index (χ0) is 11.8. The lowest BCUT2D eigenvalue weighted by atomic mass is 10.1. The van der Waals surface area contributed by atoms with Crippen LogP contribution in [0, 0.1) is 0 Å². The number of benzene rings is 1. The van der Waals surface area contributed by atoms with Crippen molar-refractivity contribution in [3.8, 4) is 11.5 Å². The predicted molar refractivity (Wildman–Crippen MR) is 67.2 cm³/mol. The Morgan fingerprint density at radius 3 is 2.44 bits per heavy atom. The van der Waals surface area contributed by atoms with Gasteiger partial charge in [0.25, 0.3) is 0 Å². The molecule has 86 valence electrons. The molecule has 1 aromatic carbocycles. The smallest absolute Gasteiger partial charge is 0.126 e. The van der Waals surface area contributed by atoms with Crippen molar-refractivity contribution in [1.82, 2.24) is 0 Å². The van der Waals surface area contributed by atoms with Crippen LogP contribution < -0.4 is 9.47 Å². The molecule has 0 aliphatic heterocycles. The largest absolute Gasteiger partial charge is 0.489 e. The molecule has 0 spiro atoms. The van der Waals surface area contributed by atoms with E-state index in [0.29, 0.717) is 13.2 Å². The molecular weight excluding hydrogens is 200 g/mol. The monoisotopic (exact) mass is 218 g/mol. The molecule has 0 saturated heterocycles. The second-order valence-electron chi connectivity index (χ2n) is 3.32. The highest BCUT2D eigenvalue weighted by atomic mass is 16.5. The van der Waals surface area contributed by atoms with Gasteiger partial charge in [0, 0.05) is 6.07 Å². The van der Waals surface area contributed by atoms with E-state index in [2.05, 4.69) is 20.1 Å². The van der Waals surface area contributed by atoms with Crippen molar-refractivity contribution in [1.29, 1.82) is 0 Å². The molecular formula is C14H18O2. The predicted octanol–water partition coefficient (Wildman–Crippen LogP) is 3.38. The Morgan fingerprint density at radius 2 is 1.81 bits per heavy atom. The number of ether oxygens (including phenoxy) is 2. The fourth-order valence-electron chi connectivity index (χ4n) is 1.35. The summed E-state index contributed by atoms with van der Waals surface area (Å²) in [7, 11) is 0. The van der Waals surface area contributed by atoms with Crippen molar-refractivity contribution in [2.75, 3.05) is 13.2 Å². The Hall–Kier alpha value is -1.70. The highest BCUT2D eigenvalue weighted by molar-refractivity contribution is 5.40. The van der Waals surface area contributed by atoms with Gasteiger partial charge in [-0.15, -0.1) is 0 Å². The normalized spacial score (nSPS) is 9.56. The van der Waals surface area contributed by atoms with Gasteiger partial charge in [0.05, 0.1) is 0 Å². The van der Waals surface area contributed by atoms with Crippen molar-refractivity contribution in [2.24, 2.45) is 0 Å². The molecule has 0 saturated carbocycles. The van der Waals surface area contributed by atoms with Crippen molar-refractivity contribution in [2.45, 2.75) is 13.3 Å². The zero-order valence-electron chi connectivity index (χ0n) is 9.74. The maximum atomic E-state index is 5.57. The number of hydrogen-bond acceptors (Lipinski definition) is 2. The minimum atomic E-state index is 0.506. The third-order valence-corrected chi connectivity index (χ3v) is 2.14. The average Bonchev–Trinajstić information content (AvgIpc) is 2.33. The first kappa shape index (κ1) is 12.4. The van der Waals surface area contributed by atoms with Gasteiger partial charge in [-0.1, -0.05) is 38.3 Å². The van der Waals surface area contributed by atoms with Gasteiger partial charge in [0.2, 0.25) is 0 Å². The van der Waals surface area contributed by atoms with Gasteiger partial charge in [0.1, 0.15) is 24.7 Å². The van der Waals surface area contributed by atoms with Crippen LogP contribution in [0.25, 0.3) is 0 Å². The summed E-state index contributed by atoms with van der Waals surface area (Å²) in [5.74, 6) is 1.67. The van der Waals surface area contributed by atoms with E-state index >= 15 is 0 Å². The van der Waals surface area contributed by atoms with Crippen molar-refractivity contribution in [3.63, 3.8) is 0 Å². The first-order chi connectivity index (χ1) is 7.81. The van der Waals surface area contributed by atoms with Crippen LogP contribution in [0.5, 0.6) is 11.5 Å². The van der Waals surface area contributed by atoms with E-state index in [1.165, 1.54) is 5.56 Å². The van der Waals surface area contributed by atoms with Gasteiger partial charge in [-0.25, -0.2) is 0 Å². The third kappa shape index (κ3) is 3.46. The lowest BCUT2D eigenvalue weighted by Crippen LogP contribution is -1.99. The molecule has 2 nitrogen and oxygen atoms in total. The molecule has 0 radical (unpaired) electrons. The lowest BCUT2D eigenvalue weighted by Gasteiger charge is -2.11. The lowest BCUT2D eigenvalue weighted by molar-refractivity contribution is 0.342. The van der Waals surface area contributed by atoms with E-state index < -0.39 is 0 Å². The second kappa shape index (κ2) is 6.72. The van der Waals surface area contributed by atoms with Crippen molar-refractivity contribution < 1.29 is 9.47 Å². The van der Waals surface area contributed by atoms with Crippen LogP contribution in [0.4, 0.5) is 0 Å². The Kier molecular flexibility index (Phi) is 5.20. The first-order valence-corrected chi connectivity index (χ1v) is 5.42. The summed E-state index contributed by atoms with van der Waals surface area (Å²) in [6, 6.07) is 5.88. The molecule has 1 aromatic rings. The first-order valence-electron chi connectivity index (χ1n) is 5.42. The van der Waals surface area contributed by atoms with Gasteiger partial charge < -0.3 is 9.47 Å². The number of aryl methyl sites for hydroxylation is 1. The van der Waals surface area contributed by atoms with Gasteiger partial charge in [0.15, 0.2) is 0 Å². The molecule has 0 unspecified atom stereocenters. The molecule has 0 bridgehead atoms. The van der Waals surface area contributed by atoms with E-state index in [9.17, 15) is 0 Å². The van der Waals surface area contributed by atoms with Crippen LogP contribution in [-0.2, 0) is 6.42 Å². The van der Waals surface area contributed by atoms with Crippen LogP contribution in [-0.4, -0.2) is 13.2 Å². The molecule has 1 rings (SSSR count). The van der Waals surface area contributed by atoms with Crippen LogP contribution in [0.3, 0.4) is 0 Å². The molecule has 0 heterocycles. The Labute approximate surface area is 97.2 Å². The van der Waals surface area contributed by atoms with E-state index in [0.717, 1.165) is 17.9 Å². The highest BCUT2D eigenvalue weighted by Gasteiger charge is 2.03. The zero-order valence-corrected chi connectivity index (χ0v) is 9.74. The van der Waals surface area contributed by atoms with Crippen LogP contribution in [0.15, 0.2) is 43.5 Å². The summed E-state index contributed by atoms with van der Waals surface area (Å²) >= 11 is 0. The van der Waals surface area contributed by atoms with Crippen LogP contribution >= 0.6 is 0 Å². The Morgan fingerprint density at radius 1 is 1.12 bits per heavy atom. The average molecular weight is 218 g/mol. The molecule has 0 aliphatic rings. The molecule has 0 N–H and O–H groups in total. The van der Waals surface area contributed by atoms with E-state index in [-0.39, 0.29) is 0 Å². The second-order valence-corrected chi connectivity index (χ2v) is 3.32. The molecule has 0 fully saturated rings. The summed E-state index contributed by atoms with van der Waals surface area (Å²) < 4.78 is 11.0. The standard InChI is InChI=1S/C14H18O2/c1-4-9-15-13-8-7-12(6-3)14(11-13)16-10-5-2/h4-5,7-8,11H,1-2,6,9-10H2,3H3. The summed E-state index contributed by atoms with van der Waals surface area (Å²) in [6.45, 7) is 10.4. The van der Waals surface area contributed by atoms with Gasteiger partial charge in [-0.2, -0.15) is 0 Å². The topological polar surface area (TPSA) is 18.5 Å². The SMILES string of the molecule is C=CCOc1ccc(CC)c(OCC=C)c1. The van der Waals surface area contributed by atoms with Gasteiger partial charge in [-0.05, 0) is 18.1 Å². The summed E-state index contributed by atoms with van der Waals surface area (Å²) in [5, 5.41) is 0. The molecule has 0 aromatic heterocycles. The fourth-order valence-corrected chi connectivity index (χ4v) is 1.35. The maximum Gasteiger partial charge on any atom is 0.126 e. The van der Waals surface area contributed by atoms with Crippen molar-refractivity contribution in [3.05, 3.63) is 49.1 Å². The van der Waals surface area contributed by atoms with Crippen LogP contribution in [0.1, 0.15) is 12.5 Å². The Bertz CT molecular complexity index is 356. The highest BCUT2D eigenvalue weighted by Crippen LogP contribution is 2.25. The molecule has 0 aliphatic carbocycles. The van der Waals surface area contributed by atoms with Crippen LogP contribution in [0.2, 0.25) is 0 Å². The van der Waals surface area contributed by atoms with Crippen molar-refractivity contribution >= 4 is 0 Å². The van der Waals surface area contributed by atoms with E-state index in [1.54, 1.807) is 12.2 Å². The molecule has 0 atom stereocenters. The summed E-state index contributed by atoms with van der Waals surface area (Å²) in [5.41, 5.74) is 1.17. The number of rotatable bonds is 7. The molecule has 2 heteroatoms. The molecule has 16 heavy (non-hydrogen) atoms.